The highest BCUT2D eigenvalue weighted by Gasteiger charge is 2.34. The second kappa shape index (κ2) is 11.0. The molecule has 4 heterocycles. The number of rotatable bonds is 6. The summed E-state index contributed by atoms with van der Waals surface area (Å²) >= 11 is 1.30. The third-order valence-electron chi connectivity index (χ3n) is 7.16. The molecular formula is C31H29N5O3S. The Morgan fingerprint density at radius 2 is 2.02 bits per heavy atom. The fourth-order valence-electron chi connectivity index (χ4n) is 5.31. The lowest BCUT2D eigenvalue weighted by atomic mass is 10.1. The average Bonchev–Trinajstić information content (AvgIpc) is 3.33. The van der Waals surface area contributed by atoms with Crippen LogP contribution >= 0.6 is 11.3 Å². The molecule has 0 aliphatic carbocycles. The van der Waals surface area contributed by atoms with Crippen LogP contribution in [0.5, 0.6) is 11.5 Å². The van der Waals surface area contributed by atoms with E-state index in [0.29, 0.717) is 33.4 Å². The van der Waals surface area contributed by atoms with Gasteiger partial charge in [-0.05, 0) is 75.2 Å². The van der Waals surface area contributed by atoms with E-state index in [0.717, 1.165) is 48.3 Å². The van der Waals surface area contributed by atoms with Gasteiger partial charge in [-0.15, -0.1) is 17.3 Å². The molecule has 0 saturated carbocycles. The SMILES string of the molecule is CC#CCN1CCC[C@@H](NC(=O)c2sc3nccc4c3c2NC(=O)N4c2ccc(Oc3ccccc3)cc2C)C1. The third kappa shape index (κ3) is 4.99. The number of para-hydroxylation sites is 1. The number of pyridine rings is 1. The molecule has 0 spiro atoms. The molecule has 0 bridgehead atoms. The summed E-state index contributed by atoms with van der Waals surface area (Å²) < 4.78 is 5.98. The highest BCUT2D eigenvalue weighted by molar-refractivity contribution is 7.21. The number of hydrogen-bond acceptors (Lipinski definition) is 6. The number of carbonyl (C=O) groups is 2. The summed E-state index contributed by atoms with van der Waals surface area (Å²) in [6.45, 7) is 6.22. The quantitative estimate of drug-likeness (QED) is 0.275. The molecule has 202 valence electrons. The van der Waals surface area contributed by atoms with E-state index in [-0.39, 0.29) is 18.0 Å². The van der Waals surface area contributed by atoms with Crippen molar-refractivity contribution in [2.45, 2.75) is 32.7 Å². The molecule has 2 aliphatic heterocycles. The van der Waals surface area contributed by atoms with Crippen molar-refractivity contribution in [2.75, 3.05) is 29.9 Å². The predicted octanol–water partition coefficient (Wildman–Crippen LogP) is 6.30. The van der Waals surface area contributed by atoms with E-state index in [4.69, 9.17) is 4.74 Å². The number of likely N-dealkylation sites (tertiary alicyclic amines) is 1. The Hall–Kier alpha value is -4.39. The van der Waals surface area contributed by atoms with Gasteiger partial charge in [-0.2, -0.15) is 0 Å². The lowest BCUT2D eigenvalue weighted by Crippen LogP contribution is -2.47. The van der Waals surface area contributed by atoms with Gasteiger partial charge >= 0.3 is 6.03 Å². The molecule has 1 fully saturated rings. The molecule has 9 heteroatoms. The van der Waals surface area contributed by atoms with Crippen molar-refractivity contribution in [3.05, 3.63) is 71.2 Å². The van der Waals surface area contributed by atoms with E-state index in [2.05, 4.69) is 32.4 Å². The monoisotopic (exact) mass is 551 g/mol. The van der Waals surface area contributed by atoms with Crippen molar-refractivity contribution in [3.8, 4) is 23.3 Å². The molecule has 3 amide bonds. The van der Waals surface area contributed by atoms with Crippen LogP contribution < -0.4 is 20.3 Å². The summed E-state index contributed by atoms with van der Waals surface area (Å²) in [5.74, 6) is 7.28. The first-order valence-electron chi connectivity index (χ1n) is 13.3. The first-order chi connectivity index (χ1) is 19.5. The van der Waals surface area contributed by atoms with Crippen LogP contribution in [0, 0.1) is 18.8 Å². The van der Waals surface area contributed by atoms with Crippen LogP contribution in [0.2, 0.25) is 0 Å². The molecule has 4 aromatic rings. The molecule has 8 nitrogen and oxygen atoms in total. The number of carbonyl (C=O) groups excluding carboxylic acids is 2. The second-order valence-electron chi connectivity index (χ2n) is 9.92. The second-order valence-corrected chi connectivity index (χ2v) is 10.9. The number of aryl methyl sites for hydroxylation is 1. The van der Waals surface area contributed by atoms with Gasteiger partial charge in [0.2, 0.25) is 0 Å². The van der Waals surface area contributed by atoms with Crippen LogP contribution in [0.4, 0.5) is 21.9 Å². The number of piperidine rings is 1. The lowest BCUT2D eigenvalue weighted by Gasteiger charge is -2.32. The summed E-state index contributed by atoms with van der Waals surface area (Å²) in [7, 11) is 0. The zero-order valence-electron chi connectivity index (χ0n) is 22.4. The molecule has 1 saturated heterocycles. The Morgan fingerprint density at radius 3 is 2.83 bits per heavy atom. The molecule has 1 atom stereocenters. The first-order valence-corrected chi connectivity index (χ1v) is 14.1. The summed E-state index contributed by atoms with van der Waals surface area (Å²) in [5, 5.41) is 6.95. The number of nitrogens with one attached hydrogen (secondary N) is 2. The topological polar surface area (TPSA) is 86.8 Å². The van der Waals surface area contributed by atoms with Crippen molar-refractivity contribution >= 4 is 50.6 Å². The number of benzene rings is 2. The van der Waals surface area contributed by atoms with Gasteiger partial charge < -0.3 is 15.4 Å². The fraction of sp³-hybridized carbons (Fsp3) is 0.258. The molecule has 2 N–H and O–H groups in total. The van der Waals surface area contributed by atoms with Gasteiger partial charge in [0.05, 0.1) is 29.0 Å². The van der Waals surface area contributed by atoms with Crippen molar-refractivity contribution in [1.29, 1.82) is 0 Å². The fourth-order valence-corrected chi connectivity index (χ4v) is 6.33. The van der Waals surface area contributed by atoms with Crippen LogP contribution in [0.3, 0.4) is 0 Å². The van der Waals surface area contributed by atoms with E-state index in [1.807, 2.05) is 68.4 Å². The summed E-state index contributed by atoms with van der Waals surface area (Å²) in [6, 6.07) is 16.7. The van der Waals surface area contributed by atoms with Gasteiger partial charge in [-0.3, -0.25) is 14.6 Å². The van der Waals surface area contributed by atoms with Crippen molar-refractivity contribution in [3.63, 3.8) is 0 Å². The Balaban J connectivity index is 1.28. The minimum absolute atomic E-state index is 0.0276. The Bertz CT molecular complexity index is 1660. The van der Waals surface area contributed by atoms with Crippen LogP contribution in [0.1, 0.15) is 35.0 Å². The number of urea groups is 1. The standard InChI is InChI=1S/C31H29N5O3S/c1-3-4-16-35-17-8-9-21(19-35)33-29(37)28-27-26-25(14-15-32-30(26)40-28)36(31(38)34-27)24-13-12-23(18-20(24)2)39-22-10-6-5-7-11-22/h5-7,10-15,18,21H,8-9,16-17,19H2,1-2H3,(H,33,37)(H,34,38)/t21-/m1/s1. The normalized spacial score (nSPS) is 16.7. The van der Waals surface area contributed by atoms with Gasteiger partial charge in [-0.25, -0.2) is 9.78 Å². The molecule has 2 aromatic heterocycles. The number of amides is 3. The predicted molar refractivity (Wildman–Crippen MR) is 159 cm³/mol. The van der Waals surface area contributed by atoms with Gasteiger partial charge in [0.1, 0.15) is 21.2 Å². The Labute approximate surface area is 237 Å². The maximum Gasteiger partial charge on any atom is 0.331 e. The van der Waals surface area contributed by atoms with Gasteiger partial charge in [-0.1, -0.05) is 24.1 Å². The van der Waals surface area contributed by atoms with E-state index < -0.39 is 0 Å². The largest absolute Gasteiger partial charge is 0.457 e. The zero-order valence-corrected chi connectivity index (χ0v) is 23.2. The van der Waals surface area contributed by atoms with E-state index in [1.165, 1.54) is 11.3 Å². The molecule has 2 aliphatic rings. The molecule has 6 rings (SSSR count). The molecule has 0 radical (unpaired) electrons. The number of hydrogen-bond donors (Lipinski definition) is 2. The van der Waals surface area contributed by atoms with Crippen LogP contribution in [-0.2, 0) is 0 Å². The summed E-state index contributed by atoms with van der Waals surface area (Å²) in [5.41, 5.74) is 2.82. The Kier molecular flexibility index (Phi) is 7.11. The summed E-state index contributed by atoms with van der Waals surface area (Å²) in [6.07, 6.45) is 3.59. The van der Waals surface area contributed by atoms with Crippen LogP contribution in [0.15, 0.2) is 60.8 Å². The molecular weight excluding hydrogens is 522 g/mol. The number of anilines is 3. The van der Waals surface area contributed by atoms with Crippen LogP contribution in [0.25, 0.3) is 10.2 Å². The highest BCUT2D eigenvalue weighted by atomic mass is 32.1. The summed E-state index contributed by atoms with van der Waals surface area (Å²) in [4.78, 5) is 36.6. The molecule has 0 unspecified atom stereocenters. The van der Waals surface area contributed by atoms with Crippen molar-refractivity contribution in [1.82, 2.24) is 15.2 Å². The minimum atomic E-state index is -0.325. The van der Waals surface area contributed by atoms with E-state index in [9.17, 15) is 9.59 Å². The maximum absolute atomic E-state index is 13.5. The van der Waals surface area contributed by atoms with Gasteiger partial charge in [0.15, 0.2) is 0 Å². The van der Waals surface area contributed by atoms with E-state index >= 15 is 0 Å². The average molecular weight is 552 g/mol. The zero-order chi connectivity index (χ0) is 27.6. The first kappa shape index (κ1) is 25.9. The van der Waals surface area contributed by atoms with Gasteiger partial charge in [0.25, 0.3) is 5.91 Å². The number of nitrogens with zero attached hydrogens (tertiary/aromatic N) is 3. The lowest BCUT2D eigenvalue weighted by molar-refractivity contribution is 0.0913. The number of aromatic nitrogens is 1. The third-order valence-corrected chi connectivity index (χ3v) is 8.26. The smallest absolute Gasteiger partial charge is 0.331 e. The maximum atomic E-state index is 13.5. The number of ether oxygens (including phenoxy) is 1. The van der Waals surface area contributed by atoms with Gasteiger partial charge in [0, 0.05) is 18.8 Å². The van der Waals surface area contributed by atoms with E-state index in [1.54, 1.807) is 11.1 Å². The minimum Gasteiger partial charge on any atom is -0.457 e. The van der Waals surface area contributed by atoms with Crippen molar-refractivity contribution in [2.24, 2.45) is 0 Å². The Morgan fingerprint density at radius 1 is 1.18 bits per heavy atom. The van der Waals surface area contributed by atoms with Crippen molar-refractivity contribution < 1.29 is 14.3 Å². The molecule has 40 heavy (non-hydrogen) atoms. The number of thiophene rings is 1. The highest BCUT2D eigenvalue weighted by Crippen LogP contribution is 2.46. The molecule has 2 aromatic carbocycles. The van der Waals surface area contributed by atoms with Crippen LogP contribution in [-0.4, -0.2) is 47.5 Å².